The van der Waals surface area contributed by atoms with Crippen LogP contribution in [0.2, 0.25) is 0 Å². The Bertz CT molecular complexity index is 414. The lowest BCUT2D eigenvalue weighted by Crippen LogP contribution is -2.19. The van der Waals surface area contributed by atoms with Gasteiger partial charge in [-0.1, -0.05) is 31.4 Å². The van der Waals surface area contributed by atoms with Gasteiger partial charge in [-0.05, 0) is 43.3 Å². The molecule has 17 heavy (non-hydrogen) atoms. The molecule has 0 saturated carbocycles. The van der Waals surface area contributed by atoms with Crippen molar-refractivity contribution in [1.29, 1.82) is 0 Å². The highest BCUT2D eigenvalue weighted by Crippen LogP contribution is 2.40. The minimum Gasteiger partial charge on any atom is -0.462 e. The van der Waals surface area contributed by atoms with Gasteiger partial charge < -0.3 is 5.11 Å². The number of hydrogen-bond donors (Lipinski definition) is 1. The van der Waals surface area contributed by atoms with Crippen LogP contribution in [0.4, 0.5) is 0 Å². The van der Waals surface area contributed by atoms with Gasteiger partial charge in [0.2, 0.25) is 0 Å². The van der Waals surface area contributed by atoms with Crippen LogP contribution in [0.15, 0.2) is 23.3 Å². The largest absolute Gasteiger partial charge is 0.462 e. The molecule has 2 heteroatoms. The Morgan fingerprint density at radius 3 is 2.82 bits per heavy atom. The van der Waals surface area contributed by atoms with Gasteiger partial charge in [-0.15, -0.1) is 0 Å². The molecule has 0 aromatic rings. The van der Waals surface area contributed by atoms with Gasteiger partial charge in [0.1, 0.15) is 6.11 Å². The van der Waals surface area contributed by atoms with E-state index in [1.54, 1.807) is 12.2 Å². The molecule has 0 fully saturated rings. The summed E-state index contributed by atoms with van der Waals surface area (Å²) < 4.78 is 0. The van der Waals surface area contributed by atoms with Crippen molar-refractivity contribution in [3.8, 4) is 12.0 Å². The summed E-state index contributed by atoms with van der Waals surface area (Å²) in [5, 5.41) is 8.31. The third-order valence-corrected chi connectivity index (χ3v) is 3.32. The van der Waals surface area contributed by atoms with Gasteiger partial charge in [0.15, 0.2) is 5.78 Å². The van der Waals surface area contributed by atoms with Crippen molar-refractivity contribution in [2.45, 2.75) is 46.5 Å². The Morgan fingerprint density at radius 2 is 2.24 bits per heavy atom. The molecule has 0 bridgehead atoms. The molecule has 0 aromatic heterocycles. The number of allylic oxidation sites excluding steroid dienone is 4. The fourth-order valence-electron chi connectivity index (χ4n) is 2.37. The molecule has 1 aliphatic rings. The van der Waals surface area contributed by atoms with Crippen molar-refractivity contribution in [1.82, 2.24) is 0 Å². The quantitative estimate of drug-likeness (QED) is 0.598. The Hall–Kier alpha value is -1.49. The number of ketones is 1. The summed E-state index contributed by atoms with van der Waals surface area (Å²) in [6, 6.07) is 0. The van der Waals surface area contributed by atoms with E-state index in [0.717, 1.165) is 12.8 Å². The number of aliphatic hydroxyl groups is 1. The zero-order valence-corrected chi connectivity index (χ0v) is 10.8. The van der Waals surface area contributed by atoms with Crippen LogP contribution >= 0.6 is 0 Å². The Labute approximate surface area is 103 Å². The van der Waals surface area contributed by atoms with E-state index in [0.29, 0.717) is 0 Å². The summed E-state index contributed by atoms with van der Waals surface area (Å²) in [5.74, 6) is 2.29. The third kappa shape index (κ3) is 3.78. The van der Waals surface area contributed by atoms with Gasteiger partial charge in [-0.25, -0.2) is 0 Å². The van der Waals surface area contributed by atoms with E-state index < -0.39 is 0 Å². The maximum Gasteiger partial charge on any atom is 0.167 e. The predicted octanol–water partition coefficient (Wildman–Crippen LogP) is 3.36. The molecule has 0 saturated heterocycles. The second kappa shape index (κ2) is 5.72. The minimum atomic E-state index is -0.0618. The number of hydrogen-bond acceptors (Lipinski definition) is 2. The zero-order valence-electron chi connectivity index (χ0n) is 10.8. The normalized spacial score (nSPS) is 19.0. The molecule has 0 heterocycles. The molecule has 1 rings (SSSR count). The first kappa shape index (κ1) is 13.6. The van der Waals surface area contributed by atoms with E-state index in [1.807, 2.05) is 6.08 Å². The molecule has 0 aromatic carbocycles. The van der Waals surface area contributed by atoms with E-state index in [4.69, 9.17) is 5.11 Å². The van der Waals surface area contributed by atoms with Gasteiger partial charge >= 0.3 is 0 Å². The summed E-state index contributed by atoms with van der Waals surface area (Å²) >= 11 is 0. The van der Waals surface area contributed by atoms with Gasteiger partial charge in [0, 0.05) is 0 Å². The highest BCUT2D eigenvalue weighted by Gasteiger charge is 2.26. The standard InChI is InChI=1S/C15H20O2/c1-12-6-4-10-15(2,3)14(12)9-8-13(17)7-5-11-16/h8-9,16H,4,6-7,10H2,1-3H3/b9-8+. The van der Waals surface area contributed by atoms with Crippen molar-refractivity contribution >= 4 is 5.78 Å². The fraction of sp³-hybridized carbons (Fsp3) is 0.533. The molecule has 1 aliphatic carbocycles. The molecule has 0 atom stereocenters. The van der Waals surface area contributed by atoms with Crippen LogP contribution in [-0.2, 0) is 4.79 Å². The number of rotatable bonds is 3. The lowest BCUT2D eigenvalue weighted by molar-refractivity contribution is -0.113. The topological polar surface area (TPSA) is 37.3 Å². The highest BCUT2D eigenvalue weighted by atomic mass is 16.2. The van der Waals surface area contributed by atoms with Crippen LogP contribution in [0.3, 0.4) is 0 Å². The number of carbonyl (C=O) groups is 1. The maximum absolute atomic E-state index is 11.4. The van der Waals surface area contributed by atoms with Crippen LogP contribution in [0.25, 0.3) is 0 Å². The van der Waals surface area contributed by atoms with Crippen molar-refractivity contribution < 1.29 is 9.90 Å². The van der Waals surface area contributed by atoms with Gasteiger partial charge in [0.05, 0.1) is 6.42 Å². The van der Waals surface area contributed by atoms with Crippen molar-refractivity contribution in [3.05, 3.63) is 23.3 Å². The fourth-order valence-corrected chi connectivity index (χ4v) is 2.37. The van der Waals surface area contributed by atoms with Crippen LogP contribution in [0.1, 0.15) is 46.5 Å². The van der Waals surface area contributed by atoms with Crippen molar-refractivity contribution in [3.63, 3.8) is 0 Å². The number of carbonyl (C=O) groups excluding carboxylic acids is 1. The van der Waals surface area contributed by atoms with E-state index in [2.05, 4.69) is 26.7 Å². The Kier molecular flexibility index (Phi) is 4.57. The molecular weight excluding hydrogens is 212 g/mol. The lowest BCUT2D eigenvalue weighted by Gasteiger charge is -2.32. The average molecular weight is 232 g/mol. The average Bonchev–Trinajstić information content (AvgIpc) is 2.24. The lowest BCUT2D eigenvalue weighted by atomic mass is 9.72. The first-order valence-corrected chi connectivity index (χ1v) is 6.00. The van der Waals surface area contributed by atoms with Gasteiger partial charge in [0.25, 0.3) is 0 Å². The summed E-state index contributed by atoms with van der Waals surface area (Å²) in [4.78, 5) is 11.4. The molecule has 0 aliphatic heterocycles. The Morgan fingerprint density at radius 1 is 1.53 bits per heavy atom. The molecule has 1 N–H and O–H groups in total. The molecule has 0 unspecified atom stereocenters. The summed E-state index contributed by atoms with van der Waals surface area (Å²) in [5.41, 5.74) is 2.80. The minimum absolute atomic E-state index is 0.0618. The molecule has 92 valence electrons. The predicted molar refractivity (Wildman–Crippen MR) is 68.8 cm³/mol. The first-order chi connectivity index (χ1) is 7.97. The molecule has 0 radical (unpaired) electrons. The van der Waals surface area contributed by atoms with Crippen molar-refractivity contribution in [2.75, 3.05) is 0 Å². The van der Waals surface area contributed by atoms with Gasteiger partial charge in [-0.3, -0.25) is 4.79 Å². The smallest absolute Gasteiger partial charge is 0.167 e. The monoisotopic (exact) mass is 232 g/mol. The van der Waals surface area contributed by atoms with E-state index >= 15 is 0 Å². The van der Waals surface area contributed by atoms with Crippen LogP contribution in [0.5, 0.6) is 0 Å². The first-order valence-electron chi connectivity index (χ1n) is 6.00. The van der Waals surface area contributed by atoms with E-state index in [9.17, 15) is 4.79 Å². The summed E-state index contributed by atoms with van der Waals surface area (Å²) in [6.45, 7) is 6.57. The highest BCUT2D eigenvalue weighted by molar-refractivity contribution is 5.91. The Balaban J connectivity index is 2.80. The molecule has 2 nitrogen and oxygen atoms in total. The molecule has 0 spiro atoms. The van der Waals surface area contributed by atoms with Crippen LogP contribution in [-0.4, -0.2) is 10.9 Å². The summed E-state index contributed by atoms with van der Waals surface area (Å²) in [7, 11) is 0. The SMILES string of the molecule is CC1=C(/C=C/C(=O)CC#CO)C(C)(C)CCC1. The van der Waals surface area contributed by atoms with Crippen LogP contribution in [0, 0.1) is 17.4 Å². The van der Waals surface area contributed by atoms with Crippen molar-refractivity contribution in [2.24, 2.45) is 5.41 Å². The third-order valence-electron chi connectivity index (χ3n) is 3.32. The van der Waals surface area contributed by atoms with Crippen LogP contribution < -0.4 is 0 Å². The van der Waals surface area contributed by atoms with E-state index in [1.165, 1.54) is 17.6 Å². The molecular formula is C15H20O2. The molecule has 0 amide bonds. The maximum atomic E-state index is 11.4. The van der Waals surface area contributed by atoms with E-state index in [-0.39, 0.29) is 17.6 Å². The second-order valence-electron chi connectivity index (χ2n) is 5.20. The van der Waals surface area contributed by atoms with Gasteiger partial charge in [-0.2, -0.15) is 0 Å². The zero-order chi connectivity index (χ0) is 12.9. The number of aliphatic hydroxyl groups excluding tert-OH is 1. The second-order valence-corrected chi connectivity index (χ2v) is 5.20. The summed E-state index contributed by atoms with van der Waals surface area (Å²) in [6.07, 6.45) is 8.84.